The van der Waals surface area contributed by atoms with E-state index in [9.17, 15) is 0 Å². The summed E-state index contributed by atoms with van der Waals surface area (Å²) in [6.45, 7) is 4.18. The van der Waals surface area contributed by atoms with Crippen LogP contribution in [-0.2, 0) is 0 Å². The SMILES string of the molecule is Cc1ccc(C2=NN=C(c3ccc(C)cc3)[C]3[CH][CH][CH][C]32)cc1.[Tl+]. The molecule has 0 N–H and O–H groups in total. The smallest absolute Gasteiger partial charge is 0.154 e. The molecule has 1 aliphatic heterocycles. The number of nitrogens with zero attached hydrogens (tertiary/aromatic N) is 2. The second-order valence-corrected chi connectivity index (χ2v) is 5.98. The maximum Gasteiger partial charge on any atom is 1.00 e. The zero-order valence-corrected chi connectivity index (χ0v) is 18.3. The van der Waals surface area contributed by atoms with Crippen LogP contribution in [0.5, 0.6) is 0 Å². The summed E-state index contributed by atoms with van der Waals surface area (Å²) in [5.41, 5.74) is 6.60. The van der Waals surface area contributed by atoms with E-state index in [1.807, 2.05) is 0 Å². The van der Waals surface area contributed by atoms with Crippen LogP contribution in [-0.4, -0.2) is 38.7 Å². The molecule has 1 heterocycles. The number of aryl methyl sites for hydroxylation is 2. The maximum atomic E-state index is 4.53. The fourth-order valence-corrected chi connectivity index (χ4v) is 2.89. The number of hydrogen-bond donors (Lipinski definition) is 0. The molecular weight excluding hydrogens is 485 g/mol. The molecule has 1 aliphatic carbocycles. The van der Waals surface area contributed by atoms with Gasteiger partial charge in [-0.2, -0.15) is 10.2 Å². The minimum absolute atomic E-state index is 0. The van der Waals surface area contributed by atoms with Crippen LogP contribution in [0.25, 0.3) is 0 Å². The molecule has 0 saturated heterocycles. The third kappa shape index (κ3) is 3.25. The molecule has 0 bridgehead atoms. The molecule has 2 aliphatic rings. The van der Waals surface area contributed by atoms with E-state index >= 15 is 0 Å². The van der Waals surface area contributed by atoms with Gasteiger partial charge >= 0.3 is 27.3 Å². The Kier molecular flexibility index (Phi) is 5.33. The monoisotopic (exact) mass is 502 g/mol. The third-order valence-electron chi connectivity index (χ3n) is 4.23. The topological polar surface area (TPSA) is 24.7 Å². The van der Waals surface area contributed by atoms with Gasteiger partial charge in [0.05, 0.1) is 11.4 Å². The van der Waals surface area contributed by atoms with E-state index in [0.717, 1.165) is 34.4 Å². The maximum absolute atomic E-state index is 4.53. The van der Waals surface area contributed by atoms with Gasteiger partial charge in [0.2, 0.25) is 0 Å². The summed E-state index contributed by atoms with van der Waals surface area (Å²) in [5.74, 6) is 2.30. The molecule has 0 atom stereocenters. The summed E-state index contributed by atoms with van der Waals surface area (Å²) in [6.07, 6.45) is 6.32. The van der Waals surface area contributed by atoms with Crippen molar-refractivity contribution in [1.29, 1.82) is 0 Å². The van der Waals surface area contributed by atoms with Crippen LogP contribution < -0.4 is 0 Å². The van der Waals surface area contributed by atoms with Crippen LogP contribution in [0.3, 0.4) is 0 Å². The van der Waals surface area contributed by atoms with E-state index in [0.29, 0.717) is 0 Å². The average Bonchev–Trinajstić information content (AvgIpc) is 3.05. The van der Waals surface area contributed by atoms with Crippen LogP contribution in [0.1, 0.15) is 22.3 Å². The largest absolute Gasteiger partial charge is 1.00 e. The van der Waals surface area contributed by atoms with E-state index in [2.05, 4.69) is 91.8 Å². The molecule has 4 rings (SSSR count). The second-order valence-electron chi connectivity index (χ2n) is 5.98. The normalized spacial score (nSPS) is 17.8. The van der Waals surface area contributed by atoms with Crippen molar-refractivity contribution < 1.29 is 0 Å². The fraction of sp³-hybridized carbons (Fsp3) is 0.0952. The predicted molar refractivity (Wildman–Crippen MR) is 101 cm³/mol. The summed E-state index contributed by atoms with van der Waals surface area (Å²) >= 11 is 0. The summed E-state index contributed by atoms with van der Waals surface area (Å²) in [7, 11) is 0. The Morgan fingerprint density at radius 3 is 1.33 bits per heavy atom. The number of rotatable bonds is 2. The molecule has 1 fully saturated rings. The van der Waals surface area contributed by atoms with Gasteiger partial charge in [0, 0.05) is 11.8 Å². The molecule has 0 aromatic heterocycles. The standard InChI is InChI=1S/C21H17N2.Tl/c1-14-6-10-16(11-7-14)20-18-4-3-5-19(18)21(23-22-20)17-12-8-15(2)9-13-17;/h3-13H,1-2H3;/q;+1. The summed E-state index contributed by atoms with van der Waals surface area (Å²) in [4.78, 5) is 0. The van der Waals surface area contributed by atoms with E-state index in [-0.39, 0.29) is 27.3 Å². The first-order chi connectivity index (χ1) is 11.2. The van der Waals surface area contributed by atoms with Crippen LogP contribution in [0.2, 0.25) is 0 Å². The van der Waals surface area contributed by atoms with E-state index in [1.54, 1.807) is 0 Å². The molecule has 1 saturated carbocycles. The van der Waals surface area contributed by atoms with Crippen molar-refractivity contribution in [2.24, 2.45) is 10.2 Å². The van der Waals surface area contributed by atoms with E-state index < -0.39 is 0 Å². The van der Waals surface area contributed by atoms with Crippen molar-refractivity contribution in [3.63, 3.8) is 0 Å². The Labute approximate surface area is 164 Å². The van der Waals surface area contributed by atoms with Crippen molar-refractivity contribution in [2.45, 2.75) is 13.8 Å². The van der Waals surface area contributed by atoms with Gasteiger partial charge in [0.15, 0.2) is 0 Å². The molecule has 5 radical (unpaired) electrons. The van der Waals surface area contributed by atoms with Crippen molar-refractivity contribution in [1.82, 2.24) is 0 Å². The quantitative estimate of drug-likeness (QED) is 0.558. The van der Waals surface area contributed by atoms with Gasteiger partial charge in [-0.3, -0.25) is 0 Å². The first kappa shape index (κ1) is 17.5. The molecular formula is C21H17N2Tl+. The van der Waals surface area contributed by atoms with Gasteiger partial charge < -0.3 is 0 Å². The molecule has 0 unspecified atom stereocenters. The van der Waals surface area contributed by atoms with Gasteiger partial charge in [-0.15, -0.1) is 0 Å². The molecule has 0 spiro atoms. The third-order valence-corrected chi connectivity index (χ3v) is 4.23. The molecule has 2 nitrogen and oxygen atoms in total. The van der Waals surface area contributed by atoms with Crippen LogP contribution in [0.4, 0.5) is 0 Å². The fourth-order valence-electron chi connectivity index (χ4n) is 2.89. The molecule has 2 aromatic rings. The van der Waals surface area contributed by atoms with Gasteiger partial charge in [-0.1, -0.05) is 59.7 Å². The Bertz CT molecular complexity index is 705. The Balaban J connectivity index is 0.00000169. The molecule has 24 heavy (non-hydrogen) atoms. The zero-order chi connectivity index (χ0) is 15.8. The second kappa shape index (κ2) is 7.30. The Hall–Kier alpha value is -1.30. The number of fused-ring (bicyclic) bond motifs is 1. The van der Waals surface area contributed by atoms with Gasteiger partial charge in [0.25, 0.3) is 0 Å². The van der Waals surface area contributed by atoms with Crippen molar-refractivity contribution >= 4 is 38.7 Å². The summed E-state index contributed by atoms with van der Waals surface area (Å²) < 4.78 is 0. The molecule has 0 amide bonds. The Morgan fingerprint density at radius 1 is 0.583 bits per heavy atom. The van der Waals surface area contributed by atoms with Gasteiger partial charge in [0.1, 0.15) is 0 Å². The summed E-state index contributed by atoms with van der Waals surface area (Å²) in [5, 5.41) is 9.06. The number of benzene rings is 2. The zero-order valence-electron chi connectivity index (χ0n) is 13.8. The van der Waals surface area contributed by atoms with E-state index in [4.69, 9.17) is 0 Å². The van der Waals surface area contributed by atoms with Crippen LogP contribution >= 0.6 is 0 Å². The molecule has 113 valence electrons. The molecule has 3 heteroatoms. The first-order valence-electron chi connectivity index (χ1n) is 7.78. The van der Waals surface area contributed by atoms with Crippen LogP contribution in [0.15, 0.2) is 58.7 Å². The van der Waals surface area contributed by atoms with Gasteiger partial charge in [-0.05, 0) is 44.2 Å². The van der Waals surface area contributed by atoms with Crippen molar-refractivity contribution in [3.8, 4) is 0 Å². The van der Waals surface area contributed by atoms with E-state index in [1.165, 1.54) is 11.1 Å². The van der Waals surface area contributed by atoms with Crippen molar-refractivity contribution in [2.75, 3.05) is 0 Å². The molecule has 2 aromatic carbocycles. The Morgan fingerprint density at radius 2 is 0.958 bits per heavy atom. The predicted octanol–water partition coefficient (Wildman–Crippen LogP) is 3.91. The average molecular weight is 502 g/mol. The summed E-state index contributed by atoms with van der Waals surface area (Å²) in [6, 6.07) is 16.9. The van der Waals surface area contributed by atoms with Gasteiger partial charge in [-0.25, -0.2) is 0 Å². The minimum atomic E-state index is 0. The minimum Gasteiger partial charge on any atom is -0.154 e. The number of hydrogen-bond acceptors (Lipinski definition) is 2. The van der Waals surface area contributed by atoms with Crippen LogP contribution in [0, 0.1) is 44.9 Å². The van der Waals surface area contributed by atoms with Crippen molar-refractivity contribution in [3.05, 3.63) is 102 Å². The first-order valence-corrected chi connectivity index (χ1v) is 7.78.